The smallest absolute Gasteiger partial charge is 0.248 e. The molecule has 0 aliphatic rings. The molecule has 0 unspecified atom stereocenters. The van der Waals surface area contributed by atoms with E-state index in [9.17, 15) is 4.79 Å². The summed E-state index contributed by atoms with van der Waals surface area (Å²) in [6.45, 7) is 2.42. The number of hydrogen-bond acceptors (Lipinski definition) is 3. The summed E-state index contributed by atoms with van der Waals surface area (Å²) < 4.78 is 13.0. The predicted molar refractivity (Wildman–Crippen MR) is 128 cm³/mol. The molecule has 0 aliphatic heterocycles. The second-order valence-electron chi connectivity index (χ2n) is 6.61. The highest BCUT2D eigenvalue weighted by Crippen LogP contribution is 2.37. The lowest BCUT2D eigenvalue weighted by Crippen LogP contribution is -2.08. The fourth-order valence-corrected chi connectivity index (χ4v) is 3.94. The Bertz CT molecular complexity index is 1070. The molecule has 3 aromatic rings. The van der Waals surface area contributed by atoms with E-state index in [1.807, 2.05) is 67.6 Å². The van der Waals surface area contributed by atoms with Crippen LogP contribution >= 0.6 is 31.9 Å². The maximum Gasteiger partial charge on any atom is 0.248 e. The number of carbonyl (C=O) groups excluding carboxylic acids is 1. The highest BCUT2D eigenvalue weighted by atomic mass is 79.9. The van der Waals surface area contributed by atoms with Crippen LogP contribution in [0.2, 0.25) is 0 Å². The molecule has 0 saturated carbocycles. The van der Waals surface area contributed by atoms with Crippen molar-refractivity contribution in [2.24, 2.45) is 0 Å². The topological polar surface area (TPSA) is 47.6 Å². The number of benzene rings is 3. The molecule has 1 N–H and O–H groups in total. The minimum absolute atomic E-state index is 0.223. The predicted octanol–water partition coefficient (Wildman–Crippen LogP) is 6.76. The maximum atomic E-state index is 12.3. The number of anilines is 1. The van der Waals surface area contributed by atoms with Crippen LogP contribution in [0.4, 0.5) is 5.69 Å². The van der Waals surface area contributed by atoms with E-state index in [4.69, 9.17) is 9.47 Å². The van der Waals surface area contributed by atoms with Crippen molar-refractivity contribution < 1.29 is 14.3 Å². The van der Waals surface area contributed by atoms with Crippen molar-refractivity contribution in [2.75, 3.05) is 12.4 Å². The van der Waals surface area contributed by atoms with Crippen molar-refractivity contribution in [2.45, 2.75) is 13.5 Å². The number of nitrogens with one attached hydrogen (secondary N) is 1. The Morgan fingerprint density at radius 3 is 2.50 bits per heavy atom. The average Bonchev–Trinajstić information content (AvgIpc) is 2.74. The van der Waals surface area contributed by atoms with Gasteiger partial charge in [-0.15, -0.1) is 0 Å². The Morgan fingerprint density at radius 2 is 1.80 bits per heavy atom. The van der Waals surface area contributed by atoms with Gasteiger partial charge in [0, 0.05) is 10.5 Å². The van der Waals surface area contributed by atoms with Gasteiger partial charge in [0.2, 0.25) is 5.91 Å². The lowest BCUT2D eigenvalue weighted by Gasteiger charge is -2.13. The highest BCUT2D eigenvalue weighted by molar-refractivity contribution is 9.11. The van der Waals surface area contributed by atoms with E-state index in [0.717, 1.165) is 31.3 Å². The largest absolute Gasteiger partial charge is 0.493 e. The van der Waals surface area contributed by atoms with Gasteiger partial charge in [-0.3, -0.25) is 4.79 Å². The van der Waals surface area contributed by atoms with E-state index < -0.39 is 0 Å². The number of carbonyl (C=O) groups is 1. The van der Waals surface area contributed by atoms with Crippen LogP contribution in [0, 0.1) is 6.92 Å². The first-order valence-corrected chi connectivity index (χ1v) is 10.8. The van der Waals surface area contributed by atoms with Crippen molar-refractivity contribution in [1.82, 2.24) is 0 Å². The normalized spacial score (nSPS) is 10.8. The van der Waals surface area contributed by atoms with Gasteiger partial charge in [-0.1, -0.05) is 36.4 Å². The molecule has 1 amide bonds. The lowest BCUT2D eigenvalue weighted by molar-refractivity contribution is -0.111. The molecule has 0 spiro atoms. The number of ether oxygens (including phenoxy) is 2. The zero-order chi connectivity index (χ0) is 21.5. The Labute approximate surface area is 193 Å². The number of aryl methyl sites for hydroxylation is 1. The van der Waals surface area contributed by atoms with E-state index in [2.05, 4.69) is 37.2 Å². The summed E-state index contributed by atoms with van der Waals surface area (Å²) in [5, 5.41) is 2.86. The van der Waals surface area contributed by atoms with Crippen LogP contribution < -0.4 is 14.8 Å². The first-order chi connectivity index (χ1) is 14.5. The van der Waals surface area contributed by atoms with Gasteiger partial charge in [0.05, 0.1) is 17.3 Å². The molecule has 0 saturated heterocycles. The van der Waals surface area contributed by atoms with E-state index >= 15 is 0 Å². The monoisotopic (exact) mass is 529 g/mol. The van der Waals surface area contributed by atoms with Crippen LogP contribution in [0.3, 0.4) is 0 Å². The van der Waals surface area contributed by atoms with Gasteiger partial charge in [0.25, 0.3) is 0 Å². The molecule has 0 aliphatic carbocycles. The number of methoxy groups -OCH3 is 1. The molecular formula is C24H21Br2NO3. The minimum atomic E-state index is -0.223. The Kier molecular flexibility index (Phi) is 7.71. The quantitative estimate of drug-likeness (QED) is 0.343. The molecule has 0 aromatic heterocycles. The van der Waals surface area contributed by atoms with Gasteiger partial charge in [0.15, 0.2) is 11.5 Å². The standard InChI is InChI=1S/C24H21Br2NO3/c1-16-8-10-21(19(25)12-16)27-23(28)11-9-18-13-20(26)24(22(14-18)29-2)30-15-17-6-4-3-5-7-17/h3-14H,15H2,1-2H3,(H,27,28)/b11-9+. The second-order valence-corrected chi connectivity index (χ2v) is 8.32. The Hall–Kier alpha value is -2.57. The average molecular weight is 531 g/mol. The van der Waals surface area contributed by atoms with Crippen molar-refractivity contribution in [3.63, 3.8) is 0 Å². The summed E-state index contributed by atoms with van der Waals surface area (Å²) in [6.07, 6.45) is 3.21. The molecule has 0 radical (unpaired) electrons. The first kappa shape index (κ1) is 22.1. The van der Waals surface area contributed by atoms with Crippen LogP contribution in [0.15, 0.2) is 75.7 Å². The van der Waals surface area contributed by atoms with Crippen LogP contribution in [-0.2, 0) is 11.4 Å². The van der Waals surface area contributed by atoms with Gasteiger partial charge in [-0.25, -0.2) is 0 Å². The van der Waals surface area contributed by atoms with Crippen molar-refractivity contribution in [3.05, 3.63) is 92.4 Å². The fraction of sp³-hybridized carbons (Fsp3) is 0.125. The molecule has 0 atom stereocenters. The van der Waals surface area contributed by atoms with Gasteiger partial charge in [-0.2, -0.15) is 0 Å². The molecule has 4 nitrogen and oxygen atoms in total. The summed E-state index contributed by atoms with van der Waals surface area (Å²) in [7, 11) is 1.59. The summed E-state index contributed by atoms with van der Waals surface area (Å²) >= 11 is 7.01. The van der Waals surface area contributed by atoms with Crippen molar-refractivity contribution in [3.8, 4) is 11.5 Å². The SMILES string of the molecule is COc1cc(/C=C/C(=O)Nc2ccc(C)cc2Br)cc(Br)c1OCc1ccccc1. The van der Waals surface area contributed by atoms with E-state index in [0.29, 0.717) is 18.1 Å². The third-order valence-corrected chi connectivity index (χ3v) is 5.53. The van der Waals surface area contributed by atoms with Gasteiger partial charge in [0.1, 0.15) is 6.61 Å². The molecular weight excluding hydrogens is 510 g/mol. The molecule has 3 aromatic carbocycles. The third kappa shape index (κ3) is 5.97. The summed E-state index contributed by atoms with van der Waals surface area (Å²) in [5.41, 5.74) is 3.71. The third-order valence-electron chi connectivity index (χ3n) is 4.29. The summed E-state index contributed by atoms with van der Waals surface area (Å²) in [5.74, 6) is 0.979. The number of amides is 1. The van der Waals surface area contributed by atoms with Gasteiger partial charge < -0.3 is 14.8 Å². The number of halogens is 2. The zero-order valence-corrected chi connectivity index (χ0v) is 19.8. The van der Waals surface area contributed by atoms with E-state index in [1.165, 1.54) is 6.08 Å². The van der Waals surface area contributed by atoms with Gasteiger partial charge >= 0.3 is 0 Å². The lowest BCUT2D eigenvalue weighted by atomic mass is 10.1. The number of hydrogen-bond donors (Lipinski definition) is 1. The molecule has 6 heteroatoms. The van der Waals surface area contributed by atoms with Crippen LogP contribution in [0.5, 0.6) is 11.5 Å². The summed E-state index contributed by atoms with van der Waals surface area (Å²) in [4.78, 5) is 12.3. The molecule has 3 rings (SSSR count). The molecule has 0 heterocycles. The highest BCUT2D eigenvalue weighted by Gasteiger charge is 2.11. The van der Waals surface area contributed by atoms with Crippen LogP contribution in [0.25, 0.3) is 6.08 Å². The van der Waals surface area contributed by atoms with Crippen LogP contribution in [0.1, 0.15) is 16.7 Å². The number of rotatable bonds is 7. The molecule has 30 heavy (non-hydrogen) atoms. The van der Waals surface area contributed by atoms with Crippen molar-refractivity contribution >= 4 is 49.5 Å². The molecule has 0 fully saturated rings. The van der Waals surface area contributed by atoms with E-state index in [-0.39, 0.29) is 5.91 Å². The Balaban J connectivity index is 1.71. The molecule has 154 valence electrons. The maximum absolute atomic E-state index is 12.3. The van der Waals surface area contributed by atoms with E-state index in [1.54, 1.807) is 13.2 Å². The second kappa shape index (κ2) is 10.5. The Morgan fingerprint density at radius 1 is 1.03 bits per heavy atom. The van der Waals surface area contributed by atoms with Crippen LogP contribution in [-0.4, -0.2) is 13.0 Å². The fourth-order valence-electron chi connectivity index (χ4n) is 2.77. The minimum Gasteiger partial charge on any atom is -0.493 e. The first-order valence-electron chi connectivity index (χ1n) is 9.25. The van der Waals surface area contributed by atoms with Gasteiger partial charge in [-0.05, 0) is 85.8 Å². The zero-order valence-electron chi connectivity index (χ0n) is 16.6. The van der Waals surface area contributed by atoms with Crippen molar-refractivity contribution in [1.29, 1.82) is 0 Å². The summed E-state index contributed by atoms with van der Waals surface area (Å²) in [6, 6.07) is 19.4. The molecule has 0 bridgehead atoms.